The van der Waals surface area contributed by atoms with Crippen molar-refractivity contribution in [1.29, 1.82) is 0 Å². The van der Waals surface area contributed by atoms with Crippen molar-refractivity contribution in [1.82, 2.24) is 9.78 Å². The summed E-state index contributed by atoms with van der Waals surface area (Å²) in [6.07, 6.45) is -1.37. The molecule has 1 aromatic heterocycles. The number of carbonyl (C=O) groups excluding carboxylic acids is 1. The Balaban J connectivity index is 1.62. The molecule has 0 aliphatic heterocycles. The number of hydrogen-bond acceptors (Lipinski definition) is 3. The Kier molecular flexibility index (Phi) is 4.92. The predicted molar refractivity (Wildman–Crippen MR) is 89.5 cm³/mol. The van der Waals surface area contributed by atoms with E-state index >= 15 is 0 Å². The zero-order valence-corrected chi connectivity index (χ0v) is 13.4. The zero-order chi connectivity index (χ0) is 18.6. The lowest BCUT2D eigenvalue weighted by atomic mass is 10.2. The fourth-order valence-electron chi connectivity index (χ4n) is 2.16. The van der Waals surface area contributed by atoms with Gasteiger partial charge < -0.3 is 10.1 Å². The molecule has 0 aliphatic carbocycles. The van der Waals surface area contributed by atoms with Gasteiger partial charge in [-0.15, -0.1) is 0 Å². The first-order valence-corrected chi connectivity index (χ1v) is 7.62. The molecule has 8 heteroatoms. The average molecular weight is 361 g/mol. The van der Waals surface area contributed by atoms with Crippen LogP contribution in [0.1, 0.15) is 10.4 Å². The molecule has 0 aliphatic rings. The molecule has 1 amide bonds. The van der Waals surface area contributed by atoms with Gasteiger partial charge in [-0.2, -0.15) is 18.3 Å². The summed E-state index contributed by atoms with van der Waals surface area (Å²) in [5.41, 5.74) is 1.60. The minimum atomic E-state index is -4.40. The van der Waals surface area contributed by atoms with E-state index in [1.54, 1.807) is 10.9 Å². The lowest BCUT2D eigenvalue weighted by Gasteiger charge is -2.09. The van der Waals surface area contributed by atoms with E-state index in [-0.39, 0.29) is 11.7 Å². The third-order valence-corrected chi connectivity index (χ3v) is 3.38. The smallest absolute Gasteiger partial charge is 0.422 e. The van der Waals surface area contributed by atoms with E-state index in [2.05, 4.69) is 15.2 Å². The molecular weight excluding hydrogens is 347 g/mol. The van der Waals surface area contributed by atoms with Crippen LogP contribution in [0, 0.1) is 0 Å². The Morgan fingerprint density at radius 1 is 1.08 bits per heavy atom. The first kappa shape index (κ1) is 17.5. The number of para-hydroxylation sites is 1. The quantitative estimate of drug-likeness (QED) is 0.745. The lowest BCUT2D eigenvalue weighted by molar-refractivity contribution is -0.153. The molecule has 0 fully saturated rings. The first-order chi connectivity index (χ1) is 12.4. The van der Waals surface area contributed by atoms with E-state index in [4.69, 9.17) is 0 Å². The molecule has 0 unspecified atom stereocenters. The summed E-state index contributed by atoms with van der Waals surface area (Å²) in [6, 6.07) is 14.9. The van der Waals surface area contributed by atoms with Gasteiger partial charge in [0, 0.05) is 11.9 Å². The van der Waals surface area contributed by atoms with Crippen molar-refractivity contribution in [3.05, 3.63) is 72.6 Å². The van der Waals surface area contributed by atoms with Gasteiger partial charge in [0.2, 0.25) is 0 Å². The number of benzene rings is 2. The van der Waals surface area contributed by atoms with Crippen LogP contribution in [0.3, 0.4) is 0 Å². The number of alkyl halides is 3. The second-order valence-electron chi connectivity index (χ2n) is 5.39. The minimum absolute atomic E-state index is 0.0669. The van der Waals surface area contributed by atoms with Crippen molar-refractivity contribution >= 4 is 11.6 Å². The van der Waals surface area contributed by atoms with Crippen molar-refractivity contribution in [3.63, 3.8) is 0 Å². The van der Waals surface area contributed by atoms with Crippen LogP contribution in [0.5, 0.6) is 5.75 Å². The molecule has 0 spiro atoms. The van der Waals surface area contributed by atoms with Crippen LogP contribution in [0.15, 0.2) is 67.0 Å². The van der Waals surface area contributed by atoms with E-state index < -0.39 is 12.8 Å². The van der Waals surface area contributed by atoms with Crippen LogP contribution >= 0.6 is 0 Å². The van der Waals surface area contributed by atoms with Crippen LogP contribution in [0.4, 0.5) is 18.9 Å². The van der Waals surface area contributed by atoms with E-state index in [0.717, 1.165) is 5.69 Å². The third-order valence-electron chi connectivity index (χ3n) is 3.38. The highest BCUT2D eigenvalue weighted by atomic mass is 19.4. The van der Waals surface area contributed by atoms with Crippen molar-refractivity contribution in [2.45, 2.75) is 6.18 Å². The Morgan fingerprint density at radius 3 is 2.42 bits per heavy atom. The maximum Gasteiger partial charge on any atom is 0.422 e. The number of hydrogen-bond donors (Lipinski definition) is 1. The highest BCUT2D eigenvalue weighted by molar-refractivity contribution is 6.04. The highest BCUT2D eigenvalue weighted by Crippen LogP contribution is 2.20. The fraction of sp³-hybridized carbons (Fsp3) is 0.111. The van der Waals surface area contributed by atoms with Gasteiger partial charge in [-0.3, -0.25) is 4.79 Å². The molecule has 134 valence electrons. The molecule has 0 saturated heterocycles. The Labute approximate surface area is 147 Å². The number of rotatable bonds is 5. The van der Waals surface area contributed by atoms with E-state index in [1.165, 1.54) is 30.5 Å². The number of halogens is 3. The summed E-state index contributed by atoms with van der Waals surface area (Å²) >= 11 is 0. The van der Waals surface area contributed by atoms with Gasteiger partial charge in [-0.25, -0.2) is 4.68 Å². The van der Waals surface area contributed by atoms with Crippen molar-refractivity contribution < 1.29 is 22.7 Å². The summed E-state index contributed by atoms with van der Waals surface area (Å²) in [7, 11) is 0. The average Bonchev–Trinajstić information content (AvgIpc) is 3.11. The minimum Gasteiger partial charge on any atom is -0.484 e. The van der Waals surface area contributed by atoms with Gasteiger partial charge in [0.05, 0.1) is 17.4 Å². The van der Waals surface area contributed by atoms with Crippen LogP contribution in [-0.4, -0.2) is 28.5 Å². The molecule has 1 heterocycles. The van der Waals surface area contributed by atoms with Crippen molar-refractivity contribution in [3.8, 4) is 11.4 Å². The summed E-state index contributed by atoms with van der Waals surface area (Å²) in [6.45, 7) is -1.36. The standard InChI is InChI=1S/C18H14F3N3O2/c19-18(20,21)12-26-16-8-6-14(7-9-16)23-17(25)13-10-22-24(11-13)15-4-2-1-3-5-15/h1-11H,12H2,(H,23,25). The number of ether oxygens (including phenoxy) is 1. The number of amides is 1. The summed E-state index contributed by atoms with van der Waals surface area (Å²) in [5.74, 6) is -0.312. The number of aromatic nitrogens is 2. The van der Waals surface area contributed by atoms with Gasteiger partial charge >= 0.3 is 6.18 Å². The molecule has 3 rings (SSSR count). The van der Waals surface area contributed by atoms with Crippen LogP contribution in [0.25, 0.3) is 5.69 Å². The summed E-state index contributed by atoms with van der Waals surface area (Å²) < 4.78 is 42.5. The van der Waals surface area contributed by atoms with E-state index in [1.807, 2.05) is 30.3 Å². The highest BCUT2D eigenvalue weighted by Gasteiger charge is 2.28. The second-order valence-corrected chi connectivity index (χ2v) is 5.39. The molecule has 2 aromatic carbocycles. The normalized spacial score (nSPS) is 11.2. The molecule has 3 aromatic rings. The summed E-state index contributed by atoms with van der Waals surface area (Å²) in [4.78, 5) is 12.3. The molecule has 1 N–H and O–H groups in total. The predicted octanol–water partition coefficient (Wildman–Crippen LogP) is 4.07. The maximum atomic E-state index is 12.3. The molecule has 0 radical (unpaired) electrons. The van der Waals surface area contributed by atoms with Crippen LogP contribution in [0.2, 0.25) is 0 Å². The van der Waals surface area contributed by atoms with Crippen LogP contribution in [-0.2, 0) is 0 Å². The van der Waals surface area contributed by atoms with Gasteiger partial charge in [0.15, 0.2) is 6.61 Å². The molecular formula is C18H14F3N3O2. The monoisotopic (exact) mass is 361 g/mol. The van der Waals surface area contributed by atoms with Gasteiger partial charge in [-0.1, -0.05) is 18.2 Å². The number of anilines is 1. The fourth-order valence-corrected chi connectivity index (χ4v) is 2.16. The third kappa shape index (κ3) is 4.62. The maximum absolute atomic E-state index is 12.3. The Morgan fingerprint density at radius 2 is 1.77 bits per heavy atom. The zero-order valence-electron chi connectivity index (χ0n) is 13.4. The molecule has 26 heavy (non-hydrogen) atoms. The van der Waals surface area contributed by atoms with Crippen LogP contribution < -0.4 is 10.1 Å². The molecule has 5 nitrogen and oxygen atoms in total. The summed E-state index contributed by atoms with van der Waals surface area (Å²) in [5, 5.41) is 6.79. The van der Waals surface area contributed by atoms with Gasteiger partial charge in [0.1, 0.15) is 5.75 Å². The topological polar surface area (TPSA) is 56.1 Å². The van der Waals surface area contributed by atoms with E-state index in [9.17, 15) is 18.0 Å². The number of nitrogens with one attached hydrogen (secondary N) is 1. The molecule has 0 bridgehead atoms. The molecule has 0 atom stereocenters. The largest absolute Gasteiger partial charge is 0.484 e. The number of nitrogens with zero attached hydrogens (tertiary/aromatic N) is 2. The van der Waals surface area contributed by atoms with Gasteiger partial charge in [-0.05, 0) is 36.4 Å². The SMILES string of the molecule is O=C(Nc1ccc(OCC(F)(F)F)cc1)c1cnn(-c2ccccc2)c1. The van der Waals surface area contributed by atoms with Gasteiger partial charge in [0.25, 0.3) is 5.91 Å². The number of carbonyl (C=O) groups is 1. The first-order valence-electron chi connectivity index (χ1n) is 7.62. The Bertz CT molecular complexity index is 875. The Hall–Kier alpha value is -3.29. The van der Waals surface area contributed by atoms with E-state index in [0.29, 0.717) is 11.3 Å². The van der Waals surface area contributed by atoms with Crippen molar-refractivity contribution in [2.24, 2.45) is 0 Å². The molecule has 0 saturated carbocycles. The lowest BCUT2D eigenvalue weighted by Crippen LogP contribution is -2.19. The van der Waals surface area contributed by atoms with Crippen molar-refractivity contribution in [2.75, 3.05) is 11.9 Å². The second kappa shape index (κ2) is 7.30.